The van der Waals surface area contributed by atoms with Crippen LogP contribution in [-0.4, -0.2) is 17.4 Å². The van der Waals surface area contributed by atoms with E-state index in [0.29, 0.717) is 12.0 Å². The van der Waals surface area contributed by atoms with E-state index in [4.69, 9.17) is 9.15 Å². The van der Waals surface area contributed by atoms with Gasteiger partial charge < -0.3 is 9.15 Å². The second-order valence-electron chi connectivity index (χ2n) is 9.94. The number of hydrogen-bond donors (Lipinski definition) is 0. The Morgan fingerprint density at radius 3 is 2.50 bits per heavy atom. The van der Waals surface area contributed by atoms with Gasteiger partial charge in [-0.1, -0.05) is 54.6 Å². The molecule has 0 radical (unpaired) electrons. The van der Waals surface area contributed by atoms with Crippen LogP contribution in [0.1, 0.15) is 66.8 Å². The van der Waals surface area contributed by atoms with Crippen molar-refractivity contribution in [2.24, 2.45) is 5.41 Å². The predicted molar refractivity (Wildman–Crippen MR) is 123 cm³/mol. The molecule has 2 atom stereocenters. The second-order valence-corrected chi connectivity index (χ2v) is 9.94. The van der Waals surface area contributed by atoms with Gasteiger partial charge in [-0.25, -0.2) is 0 Å². The van der Waals surface area contributed by atoms with Crippen LogP contribution in [0.25, 0.3) is 11.3 Å². The highest BCUT2D eigenvalue weighted by Gasteiger charge is 2.59. The molecule has 0 aliphatic heterocycles. The van der Waals surface area contributed by atoms with Crippen LogP contribution in [0, 0.1) is 5.41 Å². The van der Waals surface area contributed by atoms with Crippen molar-refractivity contribution in [1.29, 1.82) is 0 Å². The summed E-state index contributed by atoms with van der Waals surface area (Å²) in [6.07, 6.45) is 2.80. The molecule has 2 aromatic carbocycles. The van der Waals surface area contributed by atoms with Gasteiger partial charge in [0.1, 0.15) is 22.5 Å². The van der Waals surface area contributed by atoms with Crippen molar-refractivity contribution < 1.29 is 18.7 Å². The van der Waals surface area contributed by atoms with E-state index in [1.165, 1.54) is 0 Å². The third kappa shape index (κ3) is 3.29. The van der Waals surface area contributed by atoms with Gasteiger partial charge in [0.05, 0.1) is 0 Å². The SMILES string of the molecule is CC(C)(C)OC(=O)[C@@]1([C@@H]2CCCc3oc(-c4ccccc4)cc32)Cc2ccccc2C1=O. The molecule has 0 N–H and O–H groups in total. The summed E-state index contributed by atoms with van der Waals surface area (Å²) >= 11 is 0. The van der Waals surface area contributed by atoms with Crippen molar-refractivity contribution in [3.8, 4) is 11.3 Å². The van der Waals surface area contributed by atoms with Crippen LogP contribution >= 0.6 is 0 Å². The molecule has 1 aromatic heterocycles. The monoisotopic (exact) mass is 428 g/mol. The third-order valence-electron chi connectivity index (χ3n) is 6.67. The summed E-state index contributed by atoms with van der Waals surface area (Å²) < 4.78 is 12.2. The summed E-state index contributed by atoms with van der Waals surface area (Å²) in [6, 6.07) is 19.6. The van der Waals surface area contributed by atoms with Crippen LogP contribution in [0.15, 0.2) is 65.1 Å². The molecular weight excluding hydrogens is 400 g/mol. The molecule has 3 aromatic rings. The first kappa shape index (κ1) is 20.7. The van der Waals surface area contributed by atoms with Gasteiger partial charge in [0.15, 0.2) is 5.78 Å². The molecular formula is C28H28O4. The smallest absolute Gasteiger partial charge is 0.321 e. The topological polar surface area (TPSA) is 56.5 Å². The summed E-state index contributed by atoms with van der Waals surface area (Å²) in [5, 5.41) is 0. The fourth-order valence-corrected chi connectivity index (χ4v) is 5.29. The van der Waals surface area contributed by atoms with Crippen LogP contribution in [0.2, 0.25) is 0 Å². The highest BCUT2D eigenvalue weighted by Crippen LogP contribution is 2.53. The van der Waals surface area contributed by atoms with E-state index in [1.54, 1.807) is 0 Å². The van der Waals surface area contributed by atoms with Gasteiger partial charge in [-0.2, -0.15) is 0 Å². The lowest BCUT2D eigenvalue weighted by Gasteiger charge is -2.38. The number of ether oxygens (including phenoxy) is 1. The molecule has 0 saturated carbocycles. The lowest BCUT2D eigenvalue weighted by atomic mass is 9.65. The van der Waals surface area contributed by atoms with Gasteiger partial charge in [-0.15, -0.1) is 0 Å². The Morgan fingerprint density at radius 2 is 1.78 bits per heavy atom. The van der Waals surface area contributed by atoms with Gasteiger partial charge in [-0.05, 0) is 57.2 Å². The summed E-state index contributed by atoms with van der Waals surface area (Å²) in [5.74, 6) is 0.841. The number of aryl methyl sites for hydroxylation is 1. The molecule has 0 amide bonds. The lowest BCUT2D eigenvalue weighted by molar-refractivity contribution is -0.165. The Kier molecular flexibility index (Phi) is 4.85. The van der Waals surface area contributed by atoms with Crippen LogP contribution in [0.3, 0.4) is 0 Å². The normalized spacial score (nSPS) is 22.3. The van der Waals surface area contributed by atoms with Gasteiger partial charge in [0.25, 0.3) is 0 Å². The molecule has 164 valence electrons. The Labute approximate surface area is 188 Å². The summed E-state index contributed by atoms with van der Waals surface area (Å²) in [6.45, 7) is 5.55. The maximum atomic E-state index is 13.9. The zero-order valence-electron chi connectivity index (χ0n) is 18.8. The molecule has 32 heavy (non-hydrogen) atoms. The van der Waals surface area contributed by atoms with E-state index in [9.17, 15) is 9.59 Å². The fraction of sp³-hybridized carbons (Fsp3) is 0.357. The standard InChI is InChI=1S/C28H28O4/c1-27(2,3)32-26(30)28(17-19-12-7-8-13-20(19)25(28)29)22-14-9-15-23-21(22)16-24(31-23)18-10-5-4-6-11-18/h4-8,10-13,16,22H,9,14-15,17H2,1-3H3/t22-,28-/m1/s1. The van der Waals surface area contributed by atoms with Crippen LogP contribution in [0.4, 0.5) is 0 Å². The highest BCUT2D eigenvalue weighted by molar-refractivity contribution is 6.17. The van der Waals surface area contributed by atoms with Crippen LogP contribution in [0.5, 0.6) is 0 Å². The number of carbonyl (C=O) groups is 2. The van der Waals surface area contributed by atoms with Crippen molar-refractivity contribution in [3.63, 3.8) is 0 Å². The minimum Gasteiger partial charge on any atom is -0.461 e. The number of Topliss-reactive ketones (excluding diaryl/α,β-unsaturated/α-hetero) is 1. The van der Waals surface area contributed by atoms with E-state index in [-0.39, 0.29) is 11.7 Å². The van der Waals surface area contributed by atoms with Gasteiger partial charge in [0.2, 0.25) is 0 Å². The van der Waals surface area contributed by atoms with Gasteiger partial charge in [0, 0.05) is 23.5 Å². The summed E-state index contributed by atoms with van der Waals surface area (Å²) in [4.78, 5) is 27.7. The minimum absolute atomic E-state index is 0.123. The maximum absolute atomic E-state index is 13.9. The minimum atomic E-state index is -1.26. The first-order chi connectivity index (χ1) is 15.3. The highest BCUT2D eigenvalue weighted by atomic mass is 16.6. The Hall–Kier alpha value is -3.14. The van der Waals surface area contributed by atoms with Gasteiger partial charge >= 0.3 is 5.97 Å². The maximum Gasteiger partial charge on any atom is 0.321 e. The van der Waals surface area contributed by atoms with Crippen LogP contribution < -0.4 is 0 Å². The zero-order valence-corrected chi connectivity index (χ0v) is 18.8. The average molecular weight is 429 g/mol. The van der Waals surface area contributed by atoms with Crippen molar-refractivity contribution in [2.75, 3.05) is 0 Å². The average Bonchev–Trinajstić information content (AvgIpc) is 3.33. The quantitative estimate of drug-likeness (QED) is 0.372. The molecule has 1 heterocycles. The molecule has 0 saturated heterocycles. The Balaban J connectivity index is 1.64. The molecule has 4 heteroatoms. The van der Waals surface area contributed by atoms with Crippen LogP contribution in [-0.2, 0) is 22.4 Å². The number of carbonyl (C=O) groups excluding carboxylic acids is 2. The molecule has 5 rings (SSSR count). The number of fused-ring (bicyclic) bond motifs is 2. The molecule has 2 aliphatic rings. The number of rotatable bonds is 3. The molecule has 0 unspecified atom stereocenters. The zero-order chi connectivity index (χ0) is 22.5. The van der Waals surface area contributed by atoms with E-state index in [2.05, 4.69) is 0 Å². The Morgan fingerprint density at radius 1 is 1.06 bits per heavy atom. The number of benzene rings is 2. The number of ketones is 1. The largest absolute Gasteiger partial charge is 0.461 e. The van der Waals surface area contributed by atoms with Gasteiger partial charge in [-0.3, -0.25) is 9.59 Å². The fourth-order valence-electron chi connectivity index (χ4n) is 5.29. The summed E-state index contributed by atoms with van der Waals surface area (Å²) in [7, 11) is 0. The first-order valence-corrected chi connectivity index (χ1v) is 11.3. The molecule has 0 spiro atoms. The van der Waals surface area contributed by atoms with Crippen molar-refractivity contribution in [3.05, 3.63) is 83.1 Å². The lowest BCUT2D eigenvalue weighted by Crippen LogP contribution is -2.47. The van der Waals surface area contributed by atoms with E-state index in [0.717, 1.165) is 47.5 Å². The van der Waals surface area contributed by atoms with Crippen molar-refractivity contribution >= 4 is 11.8 Å². The van der Waals surface area contributed by atoms with Crippen molar-refractivity contribution in [1.82, 2.24) is 0 Å². The van der Waals surface area contributed by atoms with E-state index < -0.39 is 17.0 Å². The third-order valence-corrected chi connectivity index (χ3v) is 6.67. The molecule has 0 fully saturated rings. The second kappa shape index (κ2) is 7.47. The van der Waals surface area contributed by atoms with E-state index >= 15 is 0 Å². The Bertz CT molecular complexity index is 1180. The number of esters is 1. The predicted octanol–water partition coefficient (Wildman–Crippen LogP) is 6.13. The molecule has 4 nitrogen and oxygen atoms in total. The number of furan rings is 1. The summed E-state index contributed by atoms with van der Waals surface area (Å²) in [5.41, 5.74) is 1.58. The molecule has 0 bridgehead atoms. The first-order valence-electron chi connectivity index (χ1n) is 11.3. The number of hydrogen-bond acceptors (Lipinski definition) is 4. The van der Waals surface area contributed by atoms with Crippen molar-refractivity contribution in [2.45, 2.75) is 58.0 Å². The van der Waals surface area contributed by atoms with E-state index in [1.807, 2.05) is 81.4 Å². The molecule has 2 aliphatic carbocycles.